The predicted molar refractivity (Wildman–Crippen MR) is 89.3 cm³/mol. The van der Waals surface area contributed by atoms with Crippen molar-refractivity contribution in [1.82, 2.24) is 13.9 Å². The molecule has 0 radical (unpaired) electrons. The molecule has 0 aromatic heterocycles. The van der Waals surface area contributed by atoms with E-state index in [9.17, 15) is 43.2 Å². The number of nitrogens with one attached hydrogen (secondary N) is 1. The maximum Gasteiger partial charge on any atom is 0.512 e. The van der Waals surface area contributed by atoms with Gasteiger partial charge < -0.3 is 0 Å². The van der Waals surface area contributed by atoms with Crippen LogP contribution >= 0.6 is 0 Å². The first-order valence-electron chi connectivity index (χ1n) is 7.71. The highest BCUT2D eigenvalue weighted by Gasteiger charge is 2.55. The van der Waals surface area contributed by atoms with Crippen molar-refractivity contribution in [3.05, 3.63) is 0 Å². The van der Waals surface area contributed by atoms with E-state index >= 15 is 0 Å². The van der Waals surface area contributed by atoms with Crippen molar-refractivity contribution in [2.24, 2.45) is 0 Å². The lowest BCUT2D eigenvalue weighted by molar-refractivity contribution is -0.476. The number of guanidine groups is 1. The summed E-state index contributed by atoms with van der Waals surface area (Å²) in [5.74, 6) is 1.33. The second kappa shape index (κ2) is 9.47. The first-order chi connectivity index (χ1) is 12.3. The number of sulfonamides is 2. The molecule has 1 rings (SSSR count). The van der Waals surface area contributed by atoms with Gasteiger partial charge in [0.1, 0.15) is 0 Å². The topological polar surface area (TPSA) is 89.8 Å². The number of alkyl halides is 6. The zero-order chi connectivity index (χ0) is 22.6. The van der Waals surface area contributed by atoms with E-state index in [0.29, 0.717) is 0 Å². The van der Waals surface area contributed by atoms with Gasteiger partial charge in [-0.15, -0.1) is 0 Å². The lowest BCUT2D eigenvalue weighted by atomic mass is 10.1. The van der Waals surface area contributed by atoms with Crippen LogP contribution in [0.5, 0.6) is 0 Å². The molecule has 1 aliphatic rings. The fourth-order valence-corrected chi connectivity index (χ4v) is 4.21. The van der Waals surface area contributed by atoms with Gasteiger partial charge in [-0.1, -0.05) is 4.13 Å². The van der Waals surface area contributed by atoms with Crippen molar-refractivity contribution in [3.63, 3.8) is 0 Å². The van der Waals surface area contributed by atoms with Crippen LogP contribution in [0.4, 0.5) is 26.3 Å². The lowest BCUT2D eigenvalue weighted by Gasteiger charge is -2.27. The Balaban J connectivity index is 0.000000525. The quantitative estimate of drug-likeness (QED) is 0.283. The van der Waals surface area contributed by atoms with E-state index in [1.54, 1.807) is 0 Å². The van der Waals surface area contributed by atoms with Crippen molar-refractivity contribution in [2.75, 3.05) is 41.3 Å². The van der Waals surface area contributed by atoms with Gasteiger partial charge >= 0.3 is 37.0 Å². The molecule has 16 heteroatoms. The molecule has 0 aromatic carbocycles. The van der Waals surface area contributed by atoms with Crippen LogP contribution in [0.25, 0.3) is 0 Å². The third-order valence-corrected chi connectivity index (χ3v) is 6.24. The van der Waals surface area contributed by atoms with Gasteiger partial charge in [0.05, 0.1) is 41.3 Å². The highest BCUT2D eigenvalue weighted by Crippen LogP contribution is 2.27. The van der Waals surface area contributed by atoms with Crippen molar-refractivity contribution in [2.45, 2.75) is 30.3 Å². The average Bonchev–Trinajstić information content (AvgIpc) is 2.44. The Bertz CT molecular complexity index is 708. The molecule has 0 atom stereocenters. The number of nitrogens with zero attached hydrogens (tertiary/aromatic N) is 3. The molecule has 8 nitrogen and oxygen atoms in total. The van der Waals surface area contributed by atoms with Crippen LogP contribution in [0.1, 0.15) is 19.3 Å². The SMILES string of the molecule is CN(C)C(N1CCCCC1)=[N+](C)C.O=S(=O)(NS(=O)(=O)C(F)(F)F)C(F)(F)F. The molecule has 1 aliphatic heterocycles. The molecular weight excluding hydrogens is 442 g/mol. The molecule has 0 aromatic rings. The van der Waals surface area contributed by atoms with Crippen molar-refractivity contribution in [3.8, 4) is 0 Å². The molecule has 0 unspecified atom stereocenters. The molecule has 0 aliphatic carbocycles. The van der Waals surface area contributed by atoms with Gasteiger partial charge in [0.2, 0.25) is 0 Å². The first-order valence-corrected chi connectivity index (χ1v) is 10.7. The molecule has 0 saturated carbocycles. The van der Waals surface area contributed by atoms with Crippen LogP contribution in [0, 0.1) is 0 Å². The first kappa shape index (κ1) is 26.7. The maximum absolute atomic E-state index is 11.5. The monoisotopic (exact) mass is 465 g/mol. The van der Waals surface area contributed by atoms with Gasteiger partial charge in [-0.3, -0.25) is 14.4 Å². The minimum Gasteiger partial charge on any atom is -0.270 e. The lowest BCUT2D eigenvalue weighted by Crippen LogP contribution is -2.47. The van der Waals surface area contributed by atoms with E-state index in [4.69, 9.17) is 0 Å². The van der Waals surface area contributed by atoms with Gasteiger partial charge in [0, 0.05) is 0 Å². The Morgan fingerprint density at radius 3 is 1.46 bits per heavy atom. The van der Waals surface area contributed by atoms with E-state index in [1.807, 2.05) is 0 Å². The van der Waals surface area contributed by atoms with Gasteiger partial charge in [0.25, 0.3) is 0 Å². The molecule has 0 spiro atoms. The second-order valence-electron chi connectivity index (χ2n) is 6.12. The van der Waals surface area contributed by atoms with Crippen LogP contribution in [0.3, 0.4) is 0 Å². The summed E-state index contributed by atoms with van der Waals surface area (Å²) < 4.78 is 111. The number of halogens is 6. The van der Waals surface area contributed by atoms with Gasteiger partial charge in [-0.25, -0.2) is 16.8 Å². The minimum absolute atomic E-state index is 0.493. The Hall–Kier alpha value is -1.29. The molecule has 28 heavy (non-hydrogen) atoms. The van der Waals surface area contributed by atoms with Crippen LogP contribution < -0.4 is 4.13 Å². The number of rotatable bonds is 2. The Kier molecular flexibility index (Phi) is 9.04. The van der Waals surface area contributed by atoms with Crippen LogP contribution in [0.15, 0.2) is 0 Å². The van der Waals surface area contributed by atoms with Crippen molar-refractivity contribution in [1.29, 1.82) is 0 Å². The van der Waals surface area contributed by atoms with E-state index in [-0.39, 0.29) is 0 Å². The summed E-state index contributed by atoms with van der Waals surface area (Å²) in [5.41, 5.74) is -12.3. The number of piperidine rings is 1. The standard InChI is InChI=1S/C10H22N3.C2HF6NO4S2/c1-11(2)10(12(3)4)13-8-6-5-7-9-13;3-1(4,5)14(10,11)9-15(12,13)2(6,7)8/h5-9H2,1-4H3;9H/q+1;. The molecule has 1 saturated heterocycles. The zero-order valence-electron chi connectivity index (χ0n) is 15.6. The second-order valence-corrected chi connectivity index (χ2v) is 9.72. The van der Waals surface area contributed by atoms with E-state index in [2.05, 4.69) is 42.6 Å². The van der Waals surface area contributed by atoms with Crippen LogP contribution in [-0.2, 0) is 20.0 Å². The molecule has 0 bridgehead atoms. The van der Waals surface area contributed by atoms with E-state index in [1.165, 1.54) is 38.3 Å². The summed E-state index contributed by atoms with van der Waals surface area (Å²) in [6.07, 6.45) is 4.07. The van der Waals surface area contributed by atoms with Crippen molar-refractivity contribution < 1.29 is 47.8 Å². The average molecular weight is 465 g/mol. The molecule has 1 heterocycles. The molecule has 1 N–H and O–H groups in total. The Labute approximate surface area is 159 Å². The predicted octanol–water partition coefficient (Wildman–Crippen LogP) is 0.937. The summed E-state index contributed by atoms with van der Waals surface area (Å²) in [5, 5.41) is 0. The van der Waals surface area contributed by atoms with Crippen LogP contribution in [-0.4, -0.2) is 89.5 Å². The number of likely N-dealkylation sites (tertiary alicyclic amines) is 1. The van der Waals surface area contributed by atoms with Gasteiger partial charge in [-0.05, 0) is 19.3 Å². The third kappa shape index (κ3) is 7.62. The fourth-order valence-electron chi connectivity index (χ4n) is 2.30. The summed E-state index contributed by atoms with van der Waals surface area (Å²) in [7, 11) is -4.73. The Morgan fingerprint density at radius 2 is 1.21 bits per heavy atom. The summed E-state index contributed by atoms with van der Waals surface area (Å²) in [6, 6.07) is 0. The molecule has 168 valence electrons. The maximum atomic E-state index is 11.5. The van der Waals surface area contributed by atoms with Crippen molar-refractivity contribution >= 4 is 26.0 Å². The highest BCUT2D eigenvalue weighted by molar-refractivity contribution is 8.05. The zero-order valence-corrected chi connectivity index (χ0v) is 17.2. The normalized spacial score (nSPS) is 16.1. The Morgan fingerprint density at radius 1 is 0.857 bits per heavy atom. The van der Waals surface area contributed by atoms with Gasteiger partial charge in [-0.2, -0.15) is 26.3 Å². The van der Waals surface area contributed by atoms with E-state index in [0.717, 1.165) is 0 Å². The molecule has 1 fully saturated rings. The molecular formula is C12H23F6N4O4S2+. The third-order valence-electron chi connectivity index (χ3n) is 3.27. The molecule has 0 amide bonds. The fraction of sp³-hybridized carbons (Fsp3) is 0.917. The largest absolute Gasteiger partial charge is 0.512 e. The highest BCUT2D eigenvalue weighted by atomic mass is 32.3. The summed E-state index contributed by atoms with van der Waals surface area (Å²) >= 11 is 0. The smallest absolute Gasteiger partial charge is 0.270 e. The summed E-state index contributed by atoms with van der Waals surface area (Å²) in [6.45, 7) is 2.43. The minimum atomic E-state index is -6.60. The van der Waals surface area contributed by atoms with E-state index < -0.39 is 35.2 Å². The number of hydrogen-bond acceptors (Lipinski definition) is 4. The summed E-state index contributed by atoms with van der Waals surface area (Å²) in [4.78, 5) is 4.68. The van der Waals surface area contributed by atoms with Crippen LogP contribution in [0.2, 0.25) is 0 Å². The van der Waals surface area contributed by atoms with Gasteiger partial charge in [0.15, 0.2) is 0 Å². The number of hydrogen-bond donors (Lipinski definition) is 1.